The van der Waals surface area contributed by atoms with Crippen molar-refractivity contribution in [3.8, 4) is 0 Å². The number of azo groups is 2. The van der Waals surface area contributed by atoms with Gasteiger partial charge in [-0.25, -0.2) is 0 Å². The van der Waals surface area contributed by atoms with E-state index >= 15 is 0 Å². The summed E-state index contributed by atoms with van der Waals surface area (Å²) in [4.78, 5) is 0. The van der Waals surface area contributed by atoms with Crippen LogP contribution in [0, 0.1) is 0 Å². The van der Waals surface area contributed by atoms with Crippen LogP contribution in [0.2, 0.25) is 6.55 Å². The first-order valence-corrected chi connectivity index (χ1v) is 14.0. The highest BCUT2D eigenvalue weighted by molar-refractivity contribution is 6.43. The summed E-state index contributed by atoms with van der Waals surface area (Å²) in [6.45, 7) is 25.5. The molecule has 0 saturated carbocycles. The Bertz CT molecular complexity index is 609. The van der Waals surface area contributed by atoms with Gasteiger partial charge in [0.25, 0.3) is 0 Å². The number of rotatable bonds is 13. The van der Waals surface area contributed by atoms with Crippen LogP contribution in [0.5, 0.6) is 0 Å². The van der Waals surface area contributed by atoms with Crippen LogP contribution < -0.4 is 0 Å². The second kappa shape index (κ2) is 25.8. The van der Waals surface area contributed by atoms with Gasteiger partial charge < -0.3 is 9.47 Å². The van der Waals surface area contributed by atoms with E-state index in [4.69, 9.17) is 9.47 Å². The average Bonchev–Trinajstić information content (AvgIpc) is 2.83. The summed E-state index contributed by atoms with van der Waals surface area (Å²) in [5.41, 5.74) is 6.84. The maximum absolute atomic E-state index is 4.91. The molecule has 0 fully saturated rings. The lowest BCUT2D eigenvalue weighted by Crippen LogP contribution is -1.95. The third-order valence-electron chi connectivity index (χ3n) is 5.24. The third-order valence-corrected chi connectivity index (χ3v) is 6.90. The molecule has 0 saturated heterocycles. The lowest BCUT2D eigenvalue weighted by molar-refractivity contribution is 0.206. The van der Waals surface area contributed by atoms with Crippen molar-refractivity contribution in [1.82, 2.24) is 0 Å². The zero-order valence-electron chi connectivity index (χ0n) is 23.3. The SMILES string of the molecule is CC.CC/C(C)=C(C)/C(C)=C(\C)CN=NCCOC.COCCN=NC/C(C)=C(\C)[SiH2]C. The molecular weight excluding hydrogens is 416 g/mol. The Kier molecular flexibility index (Phi) is 28.4. The van der Waals surface area contributed by atoms with Gasteiger partial charge in [0.2, 0.25) is 0 Å². The lowest BCUT2D eigenvalue weighted by Gasteiger charge is -2.09. The zero-order valence-corrected chi connectivity index (χ0v) is 24.7. The number of hydrogen-bond donors (Lipinski definition) is 0. The van der Waals surface area contributed by atoms with Crippen molar-refractivity contribution in [1.29, 1.82) is 0 Å². The molecule has 6 nitrogen and oxygen atoms in total. The maximum Gasteiger partial charge on any atom is 0.0832 e. The van der Waals surface area contributed by atoms with E-state index in [0.29, 0.717) is 32.8 Å². The van der Waals surface area contributed by atoms with E-state index in [-0.39, 0.29) is 9.52 Å². The minimum atomic E-state index is 0.000330. The van der Waals surface area contributed by atoms with Crippen molar-refractivity contribution >= 4 is 9.52 Å². The minimum absolute atomic E-state index is 0.000330. The third kappa shape index (κ3) is 20.5. The van der Waals surface area contributed by atoms with Crippen LogP contribution in [0.25, 0.3) is 0 Å². The van der Waals surface area contributed by atoms with Crippen LogP contribution in [0.1, 0.15) is 68.7 Å². The Morgan fingerprint density at radius 1 is 0.656 bits per heavy atom. The van der Waals surface area contributed by atoms with Crippen LogP contribution >= 0.6 is 0 Å². The molecule has 0 aromatic rings. The summed E-state index contributed by atoms with van der Waals surface area (Å²) in [5, 5.41) is 17.9. The molecule has 0 aromatic carbocycles. The van der Waals surface area contributed by atoms with Gasteiger partial charge in [0.05, 0.1) is 39.4 Å². The van der Waals surface area contributed by atoms with Gasteiger partial charge >= 0.3 is 0 Å². The monoisotopic (exact) mass is 468 g/mol. The maximum atomic E-state index is 4.91. The molecular formula is C25H52N4O2Si. The van der Waals surface area contributed by atoms with Gasteiger partial charge in [0, 0.05) is 23.7 Å². The first-order valence-electron chi connectivity index (χ1n) is 11.9. The molecule has 0 unspecified atom stereocenters. The highest BCUT2D eigenvalue weighted by Gasteiger charge is 2.01. The minimum Gasteiger partial charge on any atom is -0.383 e. The summed E-state index contributed by atoms with van der Waals surface area (Å²) in [7, 11) is 3.35. The highest BCUT2D eigenvalue weighted by atomic mass is 28.2. The van der Waals surface area contributed by atoms with Crippen molar-refractivity contribution in [3.63, 3.8) is 0 Å². The predicted molar refractivity (Wildman–Crippen MR) is 144 cm³/mol. The Morgan fingerprint density at radius 3 is 1.44 bits per heavy atom. The van der Waals surface area contributed by atoms with Crippen LogP contribution in [0.4, 0.5) is 0 Å². The molecule has 7 heteroatoms. The number of allylic oxidation sites excluding steroid dienone is 4. The summed E-state index contributed by atoms with van der Waals surface area (Å²) in [5.74, 6) is 0. The van der Waals surface area contributed by atoms with E-state index in [9.17, 15) is 0 Å². The average molecular weight is 469 g/mol. The molecule has 0 spiro atoms. The first-order chi connectivity index (χ1) is 15.3. The fourth-order valence-corrected chi connectivity index (χ4v) is 2.89. The normalized spacial score (nSPS) is 14.0. The lowest BCUT2D eigenvalue weighted by atomic mass is 9.98. The van der Waals surface area contributed by atoms with E-state index in [1.807, 2.05) is 13.8 Å². The molecule has 0 radical (unpaired) electrons. The smallest absolute Gasteiger partial charge is 0.0832 e. The molecule has 188 valence electrons. The van der Waals surface area contributed by atoms with Gasteiger partial charge in [-0.2, -0.15) is 20.5 Å². The molecule has 32 heavy (non-hydrogen) atoms. The topological polar surface area (TPSA) is 67.9 Å². The van der Waals surface area contributed by atoms with E-state index < -0.39 is 0 Å². The quantitative estimate of drug-likeness (QED) is 0.129. The molecule has 0 aromatic heterocycles. The fraction of sp³-hybridized carbons (Fsp3) is 0.760. The molecule has 0 heterocycles. The van der Waals surface area contributed by atoms with Crippen LogP contribution in [0.3, 0.4) is 0 Å². The van der Waals surface area contributed by atoms with Crippen molar-refractivity contribution in [2.45, 2.75) is 75.3 Å². The number of methoxy groups -OCH3 is 2. The van der Waals surface area contributed by atoms with Gasteiger partial charge in [-0.15, -0.1) is 0 Å². The fourth-order valence-electron chi connectivity index (χ4n) is 2.18. The van der Waals surface area contributed by atoms with Crippen molar-refractivity contribution in [3.05, 3.63) is 33.1 Å². The second-order valence-electron chi connectivity index (χ2n) is 7.39. The predicted octanol–water partition coefficient (Wildman–Crippen LogP) is 6.79. The standard InChI is InChI=1S/C14H26N2O.C9H20N2OSi.C2H6/c1-7-11(2)13(4)14(5)12(3)10-16-15-8-9-17-6;1-8(9(2)13-4)7-11-10-5-6-12-3;1-2/h7-10H2,1-6H3;5-7,13H2,1-4H3;1-2H3/b13-11+,14-12+,16-15?;9-8+,11-10?;. The Hall–Kier alpha value is -1.44. The second-order valence-corrected chi connectivity index (χ2v) is 9.16. The van der Waals surface area contributed by atoms with Gasteiger partial charge in [0.1, 0.15) is 0 Å². The van der Waals surface area contributed by atoms with Crippen LogP contribution in [0.15, 0.2) is 53.5 Å². The molecule has 0 rings (SSSR count). The van der Waals surface area contributed by atoms with Gasteiger partial charge in [-0.05, 0) is 64.7 Å². The number of ether oxygens (including phenoxy) is 2. The van der Waals surface area contributed by atoms with E-state index in [1.54, 1.807) is 19.4 Å². The van der Waals surface area contributed by atoms with Gasteiger partial charge in [0.15, 0.2) is 0 Å². The molecule has 0 atom stereocenters. The van der Waals surface area contributed by atoms with E-state index in [2.05, 4.69) is 75.5 Å². The Balaban J connectivity index is -0.000000502. The molecule has 0 amide bonds. The van der Waals surface area contributed by atoms with Crippen molar-refractivity contribution in [2.75, 3.05) is 53.6 Å². The Morgan fingerprint density at radius 2 is 1.06 bits per heavy atom. The van der Waals surface area contributed by atoms with E-state index in [1.165, 1.54) is 27.9 Å². The van der Waals surface area contributed by atoms with Gasteiger partial charge in [-0.1, -0.05) is 43.7 Å². The highest BCUT2D eigenvalue weighted by Crippen LogP contribution is 2.19. The summed E-state index contributed by atoms with van der Waals surface area (Å²) in [6.07, 6.45) is 1.10. The molecule has 0 aliphatic carbocycles. The molecule has 0 aliphatic rings. The molecule has 0 bridgehead atoms. The zero-order chi connectivity index (χ0) is 25.4. The van der Waals surface area contributed by atoms with Gasteiger partial charge in [-0.3, -0.25) is 0 Å². The van der Waals surface area contributed by atoms with Crippen molar-refractivity contribution < 1.29 is 9.47 Å². The Labute approximate surface area is 201 Å². The molecule has 0 N–H and O–H groups in total. The van der Waals surface area contributed by atoms with Crippen LogP contribution in [-0.2, 0) is 9.47 Å². The summed E-state index contributed by atoms with van der Waals surface area (Å²) < 4.78 is 9.77. The number of hydrogen-bond acceptors (Lipinski definition) is 6. The summed E-state index contributed by atoms with van der Waals surface area (Å²) >= 11 is 0. The van der Waals surface area contributed by atoms with Crippen molar-refractivity contribution in [2.24, 2.45) is 20.5 Å². The van der Waals surface area contributed by atoms with Crippen LogP contribution in [-0.4, -0.2) is 63.1 Å². The first kappa shape index (κ1) is 35.2. The molecule has 0 aliphatic heterocycles. The summed E-state index contributed by atoms with van der Waals surface area (Å²) in [6, 6.07) is 0. The largest absolute Gasteiger partial charge is 0.383 e. The van der Waals surface area contributed by atoms with E-state index in [0.717, 1.165) is 13.0 Å². The number of nitrogens with zero attached hydrogens (tertiary/aromatic N) is 4.